The molecule has 0 aromatic carbocycles. The minimum Gasteiger partial charge on any atom is -0.330 e. The van der Waals surface area contributed by atoms with Gasteiger partial charge in [0.2, 0.25) is 0 Å². The van der Waals surface area contributed by atoms with Crippen LogP contribution in [0.3, 0.4) is 0 Å². The molecule has 0 aromatic rings. The molecule has 0 saturated heterocycles. The first-order valence-electron chi connectivity index (χ1n) is 8.14. The van der Waals surface area contributed by atoms with Crippen molar-refractivity contribution in [3.8, 4) is 0 Å². The Morgan fingerprint density at radius 1 is 1.05 bits per heavy atom. The Hall–Kier alpha value is -0.290. The smallest absolute Gasteiger partial charge is 0.330 e. The van der Waals surface area contributed by atoms with Crippen LogP contribution < -0.4 is 5.73 Å². The van der Waals surface area contributed by atoms with Crippen molar-refractivity contribution in [2.75, 3.05) is 13.1 Å². The Labute approximate surface area is 126 Å². The average molecular weight is 306 g/mol. The second-order valence-corrected chi connectivity index (χ2v) is 7.96. The number of nitrogens with zero attached hydrogens (tertiary/aromatic N) is 1. The van der Waals surface area contributed by atoms with E-state index in [0.717, 1.165) is 32.1 Å². The van der Waals surface area contributed by atoms with E-state index in [1.807, 2.05) is 0 Å². The number of nitrogens with two attached hydrogens (primary N) is 1. The Balaban J connectivity index is 2.14. The van der Waals surface area contributed by atoms with E-state index < -0.39 is 12.7 Å². The lowest BCUT2D eigenvalue weighted by molar-refractivity contribution is -0.158. The zero-order valence-corrected chi connectivity index (χ0v) is 13.4. The van der Waals surface area contributed by atoms with Gasteiger partial charge >= 0.3 is 6.18 Å². The highest BCUT2D eigenvalue weighted by Gasteiger charge is 2.46. The lowest BCUT2D eigenvalue weighted by atomic mass is 9.67. The summed E-state index contributed by atoms with van der Waals surface area (Å²) >= 11 is 0. The van der Waals surface area contributed by atoms with Gasteiger partial charge in [-0.1, -0.05) is 20.8 Å². The van der Waals surface area contributed by atoms with Gasteiger partial charge in [-0.05, 0) is 55.9 Å². The zero-order chi connectivity index (χ0) is 15.8. The minimum atomic E-state index is -4.11. The topological polar surface area (TPSA) is 29.3 Å². The van der Waals surface area contributed by atoms with E-state index in [4.69, 9.17) is 5.73 Å². The van der Waals surface area contributed by atoms with E-state index >= 15 is 0 Å². The Bertz CT molecular complexity index is 344. The molecule has 2 nitrogen and oxygen atoms in total. The SMILES string of the molecule is CC(C)(C)C1CCC(CN)C(N(CC(F)(F)F)C2CC2)C1. The first-order chi connectivity index (χ1) is 9.62. The number of rotatable bonds is 4. The van der Waals surface area contributed by atoms with Gasteiger partial charge in [-0.3, -0.25) is 4.90 Å². The number of hydrogen-bond donors (Lipinski definition) is 1. The molecule has 124 valence electrons. The fourth-order valence-corrected chi connectivity index (χ4v) is 3.81. The van der Waals surface area contributed by atoms with Crippen LogP contribution in [0, 0.1) is 17.3 Å². The van der Waals surface area contributed by atoms with E-state index in [-0.39, 0.29) is 23.4 Å². The van der Waals surface area contributed by atoms with Crippen molar-refractivity contribution in [1.82, 2.24) is 4.90 Å². The Morgan fingerprint density at radius 3 is 2.10 bits per heavy atom. The summed E-state index contributed by atoms with van der Waals surface area (Å²) < 4.78 is 38.8. The quantitative estimate of drug-likeness (QED) is 0.856. The molecule has 2 saturated carbocycles. The van der Waals surface area contributed by atoms with E-state index in [1.165, 1.54) is 0 Å². The van der Waals surface area contributed by atoms with Gasteiger partial charge in [0.15, 0.2) is 0 Å². The molecule has 2 N–H and O–H groups in total. The molecule has 0 amide bonds. The van der Waals surface area contributed by atoms with Gasteiger partial charge in [0.05, 0.1) is 6.54 Å². The number of alkyl halides is 3. The second kappa shape index (κ2) is 6.07. The lowest BCUT2D eigenvalue weighted by Gasteiger charge is -2.46. The standard InChI is InChI=1S/C16H29F3N2/c1-15(2,3)12-5-4-11(9-20)14(8-12)21(13-6-7-13)10-16(17,18)19/h11-14H,4-10,20H2,1-3H3. The number of halogens is 3. The van der Waals surface area contributed by atoms with Crippen molar-refractivity contribution in [3.05, 3.63) is 0 Å². The molecule has 0 spiro atoms. The normalized spacial score (nSPS) is 31.7. The summed E-state index contributed by atoms with van der Waals surface area (Å²) in [6.45, 7) is 6.33. The molecule has 2 fully saturated rings. The van der Waals surface area contributed by atoms with Crippen LogP contribution in [0.25, 0.3) is 0 Å². The van der Waals surface area contributed by atoms with Crippen LogP contribution in [0.5, 0.6) is 0 Å². The maximum absolute atomic E-state index is 12.9. The van der Waals surface area contributed by atoms with Gasteiger partial charge in [0.1, 0.15) is 0 Å². The fraction of sp³-hybridized carbons (Fsp3) is 1.00. The van der Waals surface area contributed by atoms with Gasteiger partial charge in [-0.15, -0.1) is 0 Å². The Kier molecular flexibility index (Phi) is 4.94. The summed E-state index contributed by atoms with van der Waals surface area (Å²) in [5, 5.41) is 0. The van der Waals surface area contributed by atoms with Crippen LogP contribution in [0.1, 0.15) is 52.9 Å². The predicted octanol–water partition coefficient (Wildman–Crippen LogP) is 3.80. The monoisotopic (exact) mass is 306 g/mol. The van der Waals surface area contributed by atoms with Crippen molar-refractivity contribution in [1.29, 1.82) is 0 Å². The third kappa shape index (κ3) is 4.59. The zero-order valence-electron chi connectivity index (χ0n) is 13.4. The summed E-state index contributed by atoms with van der Waals surface area (Å²) in [5.41, 5.74) is 6.02. The van der Waals surface area contributed by atoms with Crippen molar-refractivity contribution >= 4 is 0 Å². The molecule has 0 aromatic heterocycles. The van der Waals surface area contributed by atoms with E-state index in [2.05, 4.69) is 20.8 Å². The van der Waals surface area contributed by atoms with Gasteiger partial charge < -0.3 is 5.73 Å². The van der Waals surface area contributed by atoms with E-state index in [1.54, 1.807) is 4.90 Å². The van der Waals surface area contributed by atoms with E-state index in [9.17, 15) is 13.2 Å². The molecule has 0 heterocycles. The van der Waals surface area contributed by atoms with Crippen molar-refractivity contribution in [3.63, 3.8) is 0 Å². The first kappa shape index (κ1) is 17.1. The maximum atomic E-state index is 12.9. The van der Waals surface area contributed by atoms with Crippen molar-refractivity contribution < 1.29 is 13.2 Å². The van der Waals surface area contributed by atoms with Gasteiger partial charge in [-0.2, -0.15) is 13.2 Å². The average Bonchev–Trinajstić information content (AvgIpc) is 3.17. The van der Waals surface area contributed by atoms with Crippen LogP contribution >= 0.6 is 0 Å². The third-order valence-corrected chi connectivity index (χ3v) is 5.29. The van der Waals surface area contributed by atoms with Gasteiger partial charge in [-0.25, -0.2) is 0 Å². The maximum Gasteiger partial charge on any atom is 0.401 e. The Morgan fingerprint density at radius 2 is 1.67 bits per heavy atom. The molecular formula is C16H29F3N2. The molecule has 0 radical (unpaired) electrons. The second-order valence-electron chi connectivity index (χ2n) is 7.96. The largest absolute Gasteiger partial charge is 0.401 e. The lowest BCUT2D eigenvalue weighted by Crippen LogP contribution is -2.52. The highest BCUT2D eigenvalue weighted by Crippen LogP contribution is 2.44. The van der Waals surface area contributed by atoms with Crippen LogP contribution in [0.15, 0.2) is 0 Å². The molecule has 2 aliphatic rings. The summed E-state index contributed by atoms with van der Waals surface area (Å²) in [4.78, 5) is 1.73. The highest BCUT2D eigenvalue weighted by atomic mass is 19.4. The molecule has 2 rings (SSSR count). The molecule has 21 heavy (non-hydrogen) atoms. The first-order valence-corrected chi connectivity index (χ1v) is 8.14. The van der Waals surface area contributed by atoms with Crippen molar-refractivity contribution in [2.24, 2.45) is 23.0 Å². The molecule has 2 aliphatic carbocycles. The number of hydrogen-bond acceptors (Lipinski definition) is 2. The van der Waals surface area contributed by atoms with Gasteiger partial charge in [0, 0.05) is 12.1 Å². The van der Waals surface area contributed by atoms with Crippen LogP contribution in [-0.2, 0) is 0 Å². The predicted molar refractivity (Wildman–Crippen MR) is 78.9 cm³/mol. The third-order valence-electron chi connectivity index (χ3n) is 5.29. The van der Waals surface area contributed by atoms with Crippen LogP contribution in [0.2, 0.25) is 0 Å². The molecular weight excluding hydrogens is 277 g/mol. The molecule has 5 heteroatoms. The molecule has 3 unspecified atom stereocenters. The summed E-state index contributed by atoms with van der Waals surface area (Å²) in [5.74, 6) is 0.700. The highest BCUT2D eigenvalue weighted by molar-refractivity contribution is 4.97. The van der Waals surface area contributed by atoms with E-state index in [0.29, 0.717) is 12.5 Å². The fourth-order valence-electron chi connectivity index (χ4n) is 3.81. The molecule has 0 bridgehead atoms. The van der Waals surface area contributed by atoms with Crippen molar-refractivity contribution in [2.45, 2.75) is 71.1 Å². The summed E-state index contributed by atoms with van der Waals surface area (Å²) in [6, 6.07) is 0.131. The van der Waals surface area contributed by atoms with Crippen LogP contribution in [-0.4, -0.2) is 36.2 Å². The summed E-state index contributed by atoms with van der Waals surface area (Å²) in [6.07, 6.45) is 0.610. The molecule has 3 atom stereocenters. The minimum absolute atomic E-state index is 0.00194. The van der Waals surface area contributed by atoms with Crippen LogP contribution in [0.4, 0.5) is 13.2 Å². The molecule has 0 aliphatic heterocycles. The summed E-state index contributed by atoms with van der Waals surface area (Å²) in [7, 11) is 0. The van der Waals surface area contributed by atoms with Gasteiger partial charge in [0.25, 0.3) is 0 Å².